The van der Waals surface area contributed by atoms with Crippen molar-refractivity contribution in [2.24, 2.45) is 11.8 Å². The lowest BCUT2D eigenvalue weighted by Gasteiger charge is -2.29. The maximum atomic E-state index is 12.9. The van der Waals surface area contributed by atoms with Crippen molar-refractivity contribution in [2.45, 2.75) is 38.5 Å². The molecule has 4 nitrogen and oxygen atoms in total. The molecule has 144 valence electrons. The van der Waals surface area contributed by atoms with Crippen LogP contribution >= 0.6 is 0 Å². The van der Waals surface area contributed by atoms with Gasteiger partial charge >= 0.3 is 0 Å². The molecule has 3 unspecified atom stereocenters. The number of carbonyl (C=O) groups excluding carboxylic acids is 1. The number of likely N-dealkylation sites (tertiary alicyclic amines) is 1. The number of fused-ring (bicyclic) bond motifs is 1. The van der Waals surface area contributed by atoms with Crippen LogP contribution < -0.4 is 10.1 Å². The van der Waals surface area contributed by atoms with E-state index in [4.69, 9.17) is 4.74 Å². The first-order valence-electron chi connectivity index (χ1n) is 9.66. The van der Waals surface area contributed by atoms with Crippen LogP contribution in [0.4, 0.5) is 0 Å². The van der Waals surface area contributed by atoms with Crippen molar-refractivity contribution >= 4 is 19.8 Å². The molecule has 1 amide bonds. The van der Waals surface area contributed by atoms with Crippen LogP contribution in [0.15, 0.2) is 37.1 Å². The van der Waals surface area contributed by atoms with Gasteiger partial charge < -0.3 is 15.0 Å². The van der Waals surface area contributed by atoms with E-state index in [9.17, 15) is 4.79 Å². The van der Waals surface area contributed by atoms with E-state index in [1.165, 1.54) is 0 Å². The molecule has 0 radical (unpaired) electrons. The van der Waals surface area contributed by atoms with Gasteiger partial charge in [0.15, 0.2) is 0 Å². The van der Waals surface area contributed by atoms with Gasteiger partial charge in [0, 0.05) is 24.7 Å². The number of hydrogen-bond donors (Lipinski definition) is 1. The number of carbonyl (C=O) groups is 1. The SMILES string of the molecule is BC12CN(C(=C)C)CC1C2C(=O)NC(C)(C)COc1ccc(C=C)cc1C. The predicted octanol–water partition coefficient (Wildman–Crippen LogP) is 2.80. The zero-order chi connectivity index (χ0) is 20.0. The molecule has 1 saturated carbocycles. The third kappa shape index (κ3) is 3.78. The van der Waals surface area contributed by atoms with E-state index in [0.717, 1.165) is 35.7 Å². The Bertz CT molecular complexity index is 789. The second kappa shape index (κ2) is 6.77. The Hall–Kier alpha value is -2.17. The monoisotopic (exact) mass is 366 g/mol. The first kappa shape index (κ1) is 19.6. The molecule has 0 bridgehead atoms. The van der Waals surface area contributed by atoms with Gasteiger partial charge in [-0.25, -0.2) is 0 Å². The molecule has 0 spiro atoms. The fourth-order valence-corrected chi connectivity index (χ4v) is 4.34. The Morgan fingerprint density at radius 2 is 2.22 bits per heavy atom. The topological polar surface area (TPSA) is 41.6 Å². The summed E-state index contributed by atoms with van der Waals surface area (Å²) in [4.78, 5) is 15.1. The van der Waals surface area contributed by atoms with Gasteiger partial charge in [0.1, 0.15) is 20.2 Å². The number of nitrogens with zero attached hydrogens (tertiary/aromatic N) is 1. The number of hydrogen-bond acceptors (Lipinski definition) is 3. The van der Waals surface area contributed by atoms with E-state index < -0.39 is 5.54 Å². The molecule has 1 N–H and O–H groups in total. The highest BCUT2D eigenvalue weighted by Gasteiger charge is 2.68. The van der Waals surface area contributed by atoms with Crippen LogP contribution in [0.2, 0.25) is 5.31 Å². The van der Waals surface area contributed by atoms with Gasteiger partial charge in [0.25, 0.3) is 0 Å². The van der Waals surface area contributed by atoms with Crippen molar-refractivity contribution < 1.29 is 9.53 Å². The normalized spacial score (nSPS) is 26.3. The molecule has 3 rings (SSSR count). The van der Waals surface area contributed by atoms with Crippen LogP contribution in [0, 0.1) is 18.8 Å². The van der Waals surface area contributed by atoms with E-state index in [1.807, 2.05) is 52.0 Å². The molecule has 0 aromatic heterocycles. The summed E-state index contributed by atoms with van der Waals surface area (Å²) in [5, 5.41) is 3.29. The average Bonchev–Trinajstić information content (AvgIpc) is 2.99. The first-order valence-corrected chi connectivity index (χ1v) is 9.66. The highest BCUT2D eigenvalue weighted by atomic mass is 16.5. The second-order valence-corrected chi connectivity index (χ2v) is 9.10. The van der Waals surface area contributed by atoms with E-state index in [2.05, 4.69) is 31.2 Å². The van der Waals surface area contributed by atoms with Crippen LogP contribution in [0.3, 0.4) is 0 Å². The van der Waals surface area contributed by atoms with Crippen molar-refractivity contribution in [3.63, 3.8) is 0 Å². The predicted molar refractivity (Wildman–Crippen MR) is 114 cm³/mol. The van der Waals surface area contributed by atoms with Gasteiger partial charge in [-0.15, -0.1) is 0 Å². The summed E-state index contributed by atoms with van der Waals surface area (Å²) >= 11 is 0. The maximum absolute atomic E-state index is 12.9. The molecule has 1 saturated heterocycles. The third-order valence-corrected chi connectivity index (χ3v) is 6.11. The van der Waals surface area contributed by atoms with Crippen molar-refractivity contribution in [1.29, 1.82) is 0 Å². The van der Waals surface area contributed by atoms with Gasteiger partial charge in [-0.2, -0.15) is 0 Å². The Balaban J connectivity index is 1.55. The molecule has 1 aliphatic heterocycles. The Morgan fingerprint density at radius 1 is 1.52 bits per heavy atom. The Morgan fingerprint density at radius 3 is 2.74 bits per heavy atom. The average molecular weight is 366 g/mol. The Kier molecular flexibility index (Phi) is 4.92. The molecule has 1 aromatic carbocycles. The fourth-order valence-electron chi connectivity index (χ4n) is 4.34. The zero-order valence-corrected chi connectivity index (χ0v) is 17.3. The number of amides is 1. The number of benzene rings is 1. The summed E-state index contributed by atoms with van der Waals surface area (Å²) in [6.07, 6.45) is 1.82. The lowest BCUT2D eigenvalue weighted by atomic mass is 9.80. The minimum atomic E-state index is -0.429. The van der Waals surface area contributed by atoms with E-state index in [1.54, 1.807) is 0 Å². The summed E-state index contributed by atoms with van der Waals surface area (Å²) in [5.41, 5.74) is 2.81. The smallest absolute Gasteiger partial charge is 0.223 e. The molecule has 1 aromatic rings. The fraction of sp³-hybridized carbons (Fsp3) is 0.500. The van der Waals surface area contributed by atoms with Crippen molar-refractivity contribution in [3.8, 4) is 5.75 Å². The standard InChI is InChI=1S/C22H31BN2O2/c1-7-16-8-9-18(15(4)10-16)27-13-21(5,6)24-20(26)19-17-11-25(14(2)3)12-22(17,19)23/h7-10,17,19H,1-2,11-13,23H2,3-6H3,(H,24,26). The van der Waals surface area contributed by atoms with Gasteiger partial charge in [-0.1, -0.05) is 25.3 Å². The minimum Gasteiger partial charge on any atom is -0.491 e. The van der Waals surface area contributed by atoms with Crippen molar-refractivity contribution in [3.05, 3.63) is 48.2 Å². The van der Waals surface area contributed by atoms with E-state index >= 15 is 0 Å². The van der Waals surface area contributed by atoms with E-state index in [-0.39, 0.29) is 17.1 Å². The number of ether oxygens (including phenoxy) is 1. The van der Waals surface area contributed by atoms with Crippen LogP contribution in [-0.2, 0) is 4.79 Å². The number of rotatable bonds is 7. The molecular formula is C22H31BN2O2. The lowest BCUT2D eigenvalue weighted by Crippen LogP contribution is -2.49. The molecule has 1 heterocycles. The van der Waals surface area contributed by atoms with Gasteiger partial charge in [0.2, 0.25) is 5.91 Å². The van der Waals surface area contributed by atoms with Crippen LogP contribution in [0.5, 0.6) is 5.75 Å². The third-order valence-electron chi connectivity index (χ3n) is 6.11. The molecule has 2 aliphatic rings. The molecular weight excluding hydrogens is 335 g/mol. The highest BCUT2D eigenvalue weighted by molar-refractivity contribution is 6.22. The summed E-state index contributed by atoms with van der Waals surface area (Å²) < 4.78 is 6.00. The largest absolute Gasteiger partial charge is 0.491 e. The first-order chi connectivity index (χ1) is 12.6. The summed E-state index contributed by atoms with van der Waals surface area (Å²) in [6.45, 7) is 18.2. The molecule has 3 atom stereocenters. The van der Waals surface area contributed by atoms with Crippen LogP contribution in [-0.4, -0.2) is 43.9 Å². The van der Waals surface area contributed by atoms with Crippen LogP contribution in [0.1, 0.15) is 31.9 Å². The number of piperidine rings is 1. The van der Waals surface area contributed by atoms with Crippen molar-refractivity contribution in [1.82, 2.24) is 10.2 Å². The van der Waals surface area contributed by atoms with Gasteiger partial charge in [-0.3, -0.25) is 4.79 Å². The number of aryl methyl sites for hydroxylation is 1. The van der Waals surface area contributed by atoms with Crippen molar-refractivity contribution in [2.75, 3.05) is 19.7 Å². The summed E-state index contributed by atoms with van der Waals surface area (Å²) in [5.74, 6) is 1.52. The minimum absolute atomic E-state index is 0.0804. The number of nitrogens with one attached hydrogen (secondary N) is 1. The highest BCUT2D eigenvalue weighted by Crippen LogP contribution is 2.67. The van der Waals surface area contributed by atoms with Gasteiger partial charge in [-0.05, 0) is 62.2 Å². The quantitative estimate of drug-likeness (QED) is 0.755. The molecule has 2 fully saturated rings. The number of allylic oxidation sites excluding steroid dienone is 1. The van der Waals surface area contributed by atoms with Crippen LogP contribution in [0.25, 0.3) is 6.08 Å². The van der Waals surface area contributed by atoms with Gasteiger partial charge in [0.05, 0.1) is 5.54 Å². The lowest BCUT2D eigenvalue weighted by molar-refractivity contribution is -0.125. The molecule has 27 heavy (non-hydrogen) atoms. The summed E-state index contributed by atoms with van der Waals surface area (Å²) in [7, 11) is 2.22. The Labute approximate surface area is 164 Å². The zero-order valence-electron chi connectivity index (χ0n) is 17.3. The molecule has 1 aliphatic carbocycles. The van der Waals surface area contributed by atoms with E-state index in [0.29, 0.717) is 12.5 Å². The maximum Gasteiger partial charge on any atom is 0.223 e. The second-order valence-electron chi connectivity index (χ2n) is 9.10. The summed E-state index contributed by atoms with van der Waals surface area (Å²) in [6, 6.07) is 6.00. The molecule has 5 heteroatoms.